The van der Waals surface area contributed by atoms with Crippen molar-refractivity contribution in [1.82, 2.24) is 20.2 Å². The van der Waals surface area contributed by atoms with Crippen LogP contribution in [-0.2, 0) is 4.79 Å². The number of nitrogens with zero attached hydrogens (tertiary/aromatic N) is 5. The van der Waals surface area contributed by atoms with Crippen LogP contribution in [0.1, 0.15) is 29.0 Å². The van der Waals surface area contributed by atoms with Crippen molar-refractivity contribution in [2.45, 2.75) is 19.8 Å². The SMILES string of the molecule is Cc1nnnn1-c1cc(NC(=O)c2ccc(Cl)cc2N2CCCC2=O)ccc1F. The molecule has 0 bridgehead atoms. The van der Waals surface area contributed by atoms with Crippen LogP contribution in [0.5, 0.6) is 0 Å². The van der Waals surface area contributed by atoms with E-state index in [0.717, 1.165) is 6.42 Å². The molecule has 0 aliphatic carbocycles. The smallest absolute Gasteiger partial charge is 0.257 e. The molecule has 2 heterocycles. The Morgan fingerprint density at radius 2 is 2.03 bits per heavy atom. The van der Waals surface area contributed by atoms with E-state index in [4.69, 9.17) is 11.6 Å². The number of rotatable bonds is 4. The summed E-state index contributed by atoms with van der Waals surface area (Å²) in [5.41, 5.74) is 1.22. The molecule has 1 aromatic heterocycles. The monoisotopic (exact) mass is 414 g/mol. The summed E-state index contributed by atoms with van der Waals surface area (Å²) in [6.07, 6.45) is 1.15. The van der Waals surface area contributed by atoms with Gasteiger partial charge < -0.3 is 10.2 Å². The topological polar surface area (TPSA) is 93.0 Å². The van der Waals surface area contributed by atoms with Crippen molar-refractivity contribution in [3.05, 3.63) is 58.6 Å². The first-order valence-electron chi connectivity index (χ1n) is 8.90. The molecule has 1 aliphatic rings. The standard InChI is InChI=1S/C19H16ClFN6O2/c1-11-23-24-25-27(11)17-10-13(5-7-15(17)21)22-19(29)14-6-4-12(20)9-16(14)26-8-2-3-18(26)28/h4-7,9-10H,2-3,8H2,1H3,(H,22,29). The third-order valence-corrected chi connectivity index (χ3v) is 4.86. The third kappa shape index (κ3) is 3.68. The van der Waals surface area contributed by atoms with E-state index in [1.54, 1.807) is 30.0 Å². The predicted molar refractivity (Wildman–Crippen MR) is 105 cm³/mol. The quantitative estimate of drug-likeness (QED) is 0.708. The molecule has 10 heteroatoms. The number of carbonyl (C=O) groups is 2. The van der Waals surface area contributed by atoms with Gasteiger partial charge in [-0.2, -0.15) is 4.68 Å². The number of hydrogen-bond donors (Lipinski definition) is 1. The zero-order valence-electron chi connectivity index (χ0n) is 15.4. The lowest BCUT2D eigenvalue weighted by Gasteiger charge is -2.20. The Morgan fingerprint density at radius 1 is 1.21 bits per heavy atom. The van der Waals surface area contributed by atoms with Crippen LogP contribution in [0.25, 0.3) is 5.69 Å². The lowest BCUT2D eigenvalue weighted by Crippen LogP contribution is -2.27. The molecule has 0 radical (unpaired) electrons. The van der Waals surface area contributed by atoms with E-state index < -0.39 is 11.7 Å². The molecule has 0 saturated carbocycles. The summed E-state index contributed by atoms with van der Waals surface area (Å²) >= 11 is 6.09. The van der Waals surface area contributed by atoms with Crippen molar-refractivity contribution in [3.63, 3.8) is 0 Å². The Kier molecular flexibility index (Phi) is 4.98. The predicted octanol–water partition coefficient (Wildman–Crippen LogP) is 3.14. The first kappa shape index (κ1) is 19.0. The molecular weight excluding hydrogens is 399 g/mol. The summed E-state index contributed by atoms with van der Waals surface area (Å²) < 4.78 is 15.5. The van der Waals surface area contributed by atoms with Crippen molar-refractivity contribution < 1.29 is 14.0 Å². The van der Waals surface area contributed by atoms with Crippen LogP contribution >= 0.6 is 11.6 Å². The maximum absolute atomic E-state index is 14.2. The molecule has 148 valence electrons. The Morgan fingerprint density at radius 3 is 2.72 bits per heavy atom. The molecule has 2 aromatic carbocycles. The fraction of sp³-hybridized carbons (Fsp3) is 0.211. The molecule has 1 aliphatic heterocycles. The summed E-state index contributed by atoms with van der Waals surface area (Å²) in [5, 5.41) is 14.2. The molecule has 4 rings (SSSR count). The first-order chi connectivity index (χ1) is 13.9. The summed E-state index contributed by atoms with van der Waals surface area (Å²) in [7, 11) is 0. The lowest BCUT2D eigenvalue weighted by molar-refractivity contribution is -0.117. The number of anilines is 2. The summed E-state index contributed by atoms with van der Waals surface area (Å²) in [6, 6.07) is 8.84. The molecule has 29 heavy (non-hydrogen) atoms. The molecule has 0 unspecified atom stereocenters. The van der Waals surface area contributed by atoms with Gasteiger partial charge in [0.15, 0.2) is 5.82 Å². The Labute approximate surface area is 170 Å². The van der Waals surface area contributed by atoms with E-state index >= 15 is 0 Å². The van der Waals surface area contributed by atoms with Crippen molar-refractivity contribution in [2.75, 3.05) is 16.8 Å². The molecule has 8 nitrogen and oxygen atoms in total. The van der Waals surface area contributed by atoms with E-state index in [9.17, 15) is 14.0 Å². The van der Waals surface area contributed by atoms with Gasteiger partial charge in [-0.3, -0.25) is 9.59 Å². The summed E-state index contributed by atoms with van der Waals surface area (Å²) in [6.45, 7) is 2.16. The molecule has 0 spiro atoms. The highest BCUT2D eigenvalue weighted by atomic mass is 35.5. The maximum atomic E-state index is 14.2. The number of carbonyl (C=O) groups excluding carboxylic acids is 2. The average Bonchev–Trinajstić information content (AvgIpc) is 3.31. The largest absolute Gasteiger partial charge is 0.322 e. The first-order valence-corrected chi connectivity index (χ1v) is 9.28. The molecule has 1 N–H and O–H groups in total. The lowest BCUT2D eigenvalue weighted by atomic mass is 10.1. The number of nitrogens with one attached hydrogen (secondary N) is 1. The van der Waals surface area contributed by atoms with Gasteiger partial charge in [-0.25, -0.2) is 4.39 Å². The number of aromatic nitrogens is 4. The molecule has 1 fully saturated rings. The average molecular weight is 415 g/mol. The van der Waals surface area contributed by atoms with E-state index in [2.05, 4.69) is 20.8 Å². The second kappa shape index (κ2) is 7.59. The fourth-order valence-corrected chi connectivity index (χ4v) is 3.39. The van der Waals surface area contributed by atoms with E-state index in [1.807, 2.05) is 0 Å². The van der Waals surface area contributed by atoms with Gasteiger partial charge >= 0.3 is 0 Å². The number of tetrazole rings is 1. The minimum atomic E-state index is -0.534. The Hall–Kier alpha value is -3.33. The zero-order chi connectivity index (χ0) is 20.5. The van der Waals surface area contributed by atoms with Crippen LogP contribution in [0.3, 0.4) is 0 Å². The second-order valence-electron chi connectivity index (χ2n) is 6.57. The number of aryl methyl sites for hydroxylation is 1. The van der Waals surface area contributed by atoms with Crippen LogP contribution < -0.4 is 10.2 Å². The third-order valence-electron chi connectivity index (χ3n) is 4.63. The molecule has 1 saturated heterocycles. The van der Waals surface area contributed by atoms with Crippen LogP contribution in [-0.4, -0.2) is 38.6 Å². The van der Waals surface area contributed by atoms with Crippen molar-refractivity contribution in [3.8, 4) is 5.69 Å². The Balaban J connectivity index is 1.66. The summed E-state index contributed by atoms with van der Waals surface area (Å²) in [4.78, 5) is 26.6. The van der Waals surface area contributed by atoms with Crippen LogP contribution in [0.15, 0.2) is 36.4 Å². The van der Waals surface area contributed by atoms with Gasteiger partial charge in [0.1, 0.15) is 11.5 Å². The van der Waals surface area contributed by atoms with Crippen LogP contribution in [0, 0.1) is 12.7 Å². The van der Waals surface area contributed by atoms with Crippen LogP contribution in [0.4, 0.5) is 15.8 Å². The highest BCUT2D eigenvalue weighted by molar-refractivity contribution is 6.31. The highest BCUT2D eigenvalue weighted by Gasteiger charge is 2.26. The van der Waals surface area contributed by atoms with Crippen molar-refractivity contribution in [1.29, 1.82) is 0 Å². The van der Waals surface area contributed by atoms with Crippen molar-refractivity contribution in [2.24, 2.45) is 0 Å². The fourth-order valence-electron chi connectivity index (χ4n) is 3.23. The number of hydrogen-bond acceptors (Lipinski definition) is 5. The van der Waals surface area contributed by atoms with E-state index in [-0.39, 0.29) is 11.6 Å². The van der Waals surface area contributed by atoms with Gasteiger partial charge in [-0.1, -0.05) is 11.6 Å². The maximum Gasteiger partial charge on any atom is 0.257 e. The van der Waals surface area contributed by atoms with E-state index in [0.29, 0.717) is 40.8 Å². The second-order valence-corrected chi connectivity index (χ2v) is 7.01. The number of halogens is 2. The Bertz CT molecular complexity index is 1120. The van der Waals surface area contributed by atoms with Gasteiger partial charge in [-0.15, -0.1) is 5.10 Å². The summed E-state index contributed by atoms with van der Waals surface area (Å²) in [5.74, 6) is -0.630. The van der Waals surface area contributed by atoms with Crippen LogP contribution in [0.2, 0.25) is 5.02 Å². The molecule has 2 amide bonds. The minimum absolute atomic E-state index is 0.0560. The van der Waals surface area contributed by atoms with Crippen molar-refractivity contribution >= 4 is 34.8 Å². The minimum Gasteiger partial charge on any atom is -0.322 e. The van der Waals surface area contributed by atoms with Gasteiger partial charge in [0.25, 0.3) is 5.91 Å². The molecule has 3 aromatic rings. The van der Waals surface area contributed by atoms with Gasteiger partial charge in [-0.05, 0) is 60.2 Å². The van der Waals surface area contributed by atoms with Gasteiger partial charge in [0.05, 0.1) is 11.3 Å². The van der Waals surface area contributed by atoms with E-state index in [1.165, 1.54) is 22.9 Å². The zero-order valence-corrected chi connectivity index (χ0v) is 16.1. The number of amides is 2. The number of benzene rings is 2. The van der Waals surface area contributed by atoms with Gasteiger partial charge in [0.2, 0.25) is 5.91 Å². The van der Waals surface area contributed by atoms with Gasteiger partial charge in [0, 0.05) is 23.7 Å². The highest BCUT2D eigenvalue weighted by Crippen LogP contribution is 2.29. The molecule has 0 atom stereocenters. The normalized spacial score (nSPS) is 13.8. The molecular formula is C19H16ClFN6O2.